The second kappa shape index (κ2) is 4.18. The minimum absolute atomic E-state index is 0.606. The summed E-state index contributed by atoms with van der Waals surface area (Å²) in [5.74, 6) is 1.22. The summed E-state index contributed by atoms with van der Waals surface area (Å²) in [4.78, 5) is 10.2. The van der Waals surface area contributed by atoms with Gasteiger partial charge in [-0.3, -0.25) is 4.98 Å². The van der Waals surface area contributed by atoms with Crippen LogP contribution in [0.25, 0.3) is 11.4 Å². The first-order valence-corrected chi connectivity index (χ1v) is 4.63. The first kappa shape index (κ1) is 9.79. The van der Waals surface area contributed by atoms with E-state index in [9.17, 15) is 0 Å². The van der Waals surface area contributed by atoms with Crippen LogP contribution < -0.4 is 0 Å². The van der Waals surface area contributed by atoms with Crippen LogP contribution in [0.15, 0.2) is 29.0 Å². The predicted octanol–water partition coefficient (Wildman–Crippen LogP) is 1.19. The average Bonchev–Trinajstić information content (AvgIpc) is 2.67. The number of nitrogens with zero attached hydrogens (tertiary/aromatic N) is 4. The number of pyridine rings is 1. The molecule has 0 fully saturated rings. The summed E-state index contributed by atoms with van der Waals surface area (Å²) in [6.45, 7) is 0.651. The molecule has 0 saturated carbocycles. The number of aromatic nitrogens is 3. The van der Waals surface area contributed by atoms with Crippen molar-refractivity contribution in [2.75, 3.05) is 14.1 Å². The van der Waals surface area contributed by atoms with Gasteiger partial charge >= 0.3 is 0 Å². The molecule has 2 rings (SSSR count). The third kappa shape index (κ3) is 2.38. The lowest BCUT2D eigenvalue weighted by molar-refractivity contribution is 0.303. The van der Waals surface area contributed by atoms with E-state index in [0.29, 0.717) is 18.3 Å². The fraction of sp³-hybridized carbons (Fsp3) is 0.300. The van der Waals surface area contributed by atoms with Crippen molar-refractivity contribution in [2.45, 2.75) is 6.54 Å². The zero-order chi connectivity index (χ0) is 10.7. The highest BCUT2D eigenvalue weighted by Gasteiger charge is 2.08. The molecule has 2 heterocycles. The minimum Gasteiger partial charge on any atom is -0.338 e. The number of hydrogen-bond acceptors (Lipinski definition) is 5. The van der Waals surface area contributed by atoms with Crippen LogP contribution in [0.2, 0.25) is 0 Å². The van der Waals surface area contributed by atoms with E-state index in [-0.39, 0.29) is 0 Å². The second-order valence-electron chi connectivity index (χ2n) is 3.49. The predicted molar refractivity (Wildman–Crippen MR) is 54.9 cm³/mol. The minimum atomic E-state index is 0.606. The lowest BCUT2D eigenvalue weighted by Gasteiger charge is -2.02. The molecule has 0 radical (unpaired) electrons. The molecular weight excluding hydrogens is 192 g/mol. The maximum absolute atomic E-state index is 5.11. The zero-order valence-corrected chi connectivity index (χ0v) is 8.71. The molecule has 0 unspecified atom stereocenters. The molecule has 0 N–H and O–H groups in total. The smallest absolute Gasteiger partial charge is 0.241 e. The lowest BCUT2D eigenvalue weighted by Crippen LogP contribution is -2.10. The Kier molecular flexibility index (Phi) is 2.73. The van der Waals surface area contributed by atoms with Gasteiger partial charge in [-0.15, -0.1) is 0 Å². The van der Waals surface area contributed by atoms with Crippen LogP contribution >= 0.6 is 0 Å². The molecule has 0 bridgehead atoms. The van der Waals surface area contributed by atoms with E-state index in [1.54, 1.807) is 12.4 Å². The van der Waals surface area contributed by atoms with Gasteiger partial charge in [-0.05, 0) is 26.2 Å². The molecule has 0 saturated heterocycles. The fourth-order valence-corrected chi connectivity index (χ4v) is 1.21. The van der Waals surface area contributed by atoms with Crippen LogP contribution in [0.3, 0.4) is 0 Å². The Morgan fingerprint density at radius 1 is 1.27 bits per heavy atom. The van der Waals surface area contributed by atoms with Crippen molar-refractivity contribution in [3.8, 4) is 11.4 Å². The molecule has 78 valence electrons. The molecule has 0 aliphatic heterocycles. The van der Waals surface area contributed by atoms with E-state index in [2.05, 4.69) is 15.1 Å². The van der Waals surface area contributed by atoms with Gasteiger partial charge in [-0.2, -0.15) is 4.98 Å². The van der Waals surface area contributed by atoms with Crippen LogP contribution in [-0.4, -0.2) is 34.1 Å². The standard InChI is InChI=1S/C10H12N4O/c1-14(2)7-9-12-10(13-15-9)8-3-5-11-6-4-8/h3-6H,7H2,1-2H3. The topological polar surface area (TPSA) is 55.1 Å². The molecule has 2 aromatic rings. The Balaban J connectivity index is 2.21. The number of hydrogen-bond donors (Lipinski definition) is 0. The van der Waals surface area contributed by atoms with Crippen molar-refractivity contribution >= 4 is 0 Å². The Morgan fingerprint density at radius 3 is 2.67 bits per heavy atom. The highest BCUT2D eigenvalue weighted by Crippen LogP contribution is 2.14. The first-order chi connectivity index (χ1) is 7.25. The Morgan fingerprint density at radius 2 is 2.00 bits per heavy atom. The molecule has 0 aliphatic rings. The largest absolute Gasteiger partial charge is 0.338 e. The molecular formula is C10H12N4O. The normalized spacial score (nSPS) is 10.9. The van der Waals surface area contributed by atoms with Crippen molar-refractivity contribution in [3.63, 3.8) is 0 Å². The Bertz CT molecular complexity index is 424. The van der Waals surface area contributed by atoms with E-state index in [0.717, 1.165) is 5.56 Å². The fourth-order valence-electron chi connectivity index (χ4n) is 1.21. The molecule has 0 aliphatic carbocycles. The molecule has 5 nitrogen and oxygen atoms in total. The summed E-state index contributed by atoms with van der Waals surface area (Å²) >= 11 is 0. The van der Waals surface area contributed by atoms with E-state index < -0.39 is 0 Å². The van der Waals surface area contributed by atoms with Gasteiger partial charge in [0.2, 0.25) is 11.7 Å². The highest BCUT2D eigenvalue weighted by molar-refractivity contribution is 5.52. The van der Waals surface area contributed by atoms with Crippen LogP contribution in [0.4, 0.5) is 0 Å². The summed E-state index contributed by atoms with van der Waals surface area (Å²) < 4.78 is 5.11. The van der Waals surface area contributed by atoms with Crippen LogP contribution in [0.5, 0.6) is 0 Å². The maximum atomic E-state index is 5.11. The molecule has 0 atom stereocenters. The van der Waals surface area contributed by atoms with Crippen molar-refractivity contribution < 1.29 is 4.52 Å². The summed E-state index contributed by atoms with van der Waals surface area (Å²) in [5, 5.41) is 3.90. The summed E-state index contributed by atoms with van der Waals surface area (Å²) in [6.07, 6.45) is 3.41. The van der Waals surface area contributed by atoms with Gasteiger partial charge < -0.3 is 9.42 Å². The van der Waals surface area contributed by atoms with E-state index in [4.69, 9.17) is 4.52 Å². The summed E-state index contributed by atoms with van der Waals surface area (Å²) in [7, 11) is 3.91. The maximum Gasteiger partial charge on any atom is 0.241 e. The first-order valence-electron chi connectivity index (χ1n) is 4.63. The summed E-state index contributed by atoms with van der Waals surface area (Å²) in [6, 6.07) is 3.70. The molecule has 2 aromatic heterocycles. The van der Waals surface area contributed by atoms with E-state index >= 15 is 0 Å². The van der Waals surface area contributed by atoms with Crippen molar-refractivity contribution in [3.05, 3.63) is 30.4 Å². The van der Waals surface area contributed by atoms with Gasteiger partial charge in [0.05, 0.1) is 6.54 Å². The SMILES string of the molecule is CN(C)Cc1nc(-c2ccncc2)no1. The zero-order valence-electron chi connectivity index (χ0n) is 8.71. The molecule has 15 heavy (non-hydrogen) atoms. The van der Waals surface area contributed by atoms with Gasteiger partial charge in [0.15, 0.2) is 0 Å². The highest BCUT2D eigenvalue weighted by atomic mass is 16.5. The van der Waals surface area contributed by atoms with Gasteiger partial charge in [-0.25, -0.2) is 0 Å². The molecule has 5 heteroatoms. The van der Waals surface area contributed by atoms with Crippen LogP contribution in [0.1, 0.15) is 5.89 Å². The van der Waals surface area contributed by atoms with Crippen molar-refractivity contribution in [1.82, 2.24) is 20.0 Å². The van der Waals surface area contributed by atoms with E-state index in [1.165, 1.54) is 0 Å². The lowest BCUT2D eigenvalue weighted by atomic mass is 10.2. The van der Waals surface area contributed by atoms with Crippen molar-refractivity contribution in [2.24, 2.45) is 0 Å². The van der Waals surface area contributed by atoms with Gasteiger partial charge in [0.1, 0.15) is 0 Å². The summed E-state index contributed by atoms with van der Waals surface area (Å²) in [5.41, 5.74) is 0.916. The third-order valence-corrected chi connectivity index (χ3v) is 1.86. The van der Waals surface area contributed by atoms with Crippen molar-refractivity contribution in [1.29, 1.82) is 0 Å². The molecule has 0 aromatic carbocycles. The Hall–Kier alpha value is -1.75. The third-order valence-electron chi connectivity index (χ3n) is 1.86. The second-order valence-corrected chi connectivity index (χ2v) is 3.49. The van der Waals surface area contributed by atoms with Crippen LogP contribution in [0, 0.1) is 0 Å². The quantitative estimate of drug-likeness (QED) is 0.751. The van der Waals surface area contributed by atoms with Crippen LogP contribution in [-0.2, 0) is 6.54 Å². The Labute approximate surface area is 87.7 Å². The van der Waals surface area contributed by atoms with E-state index in [1.807, 2.05) is 31.1 Å². The van der Waals surface area contributed by atoms with Gasteiger partial charge in [0.25, 0.3) is 0 Å². The number of rotatable bonds is 3. The van der Waals surface area contributed by atoms with Gasteiger partial charge in [-0.1, -0.05) is 5.16 Å². The molecule has 0 spiro atoms. The average molecular weight is 204 g/mol. The van der Waals surface area contributed by atoms with Gasteiger partial charge in [0, 0.05) is 18.0 Å². The molecule has 0 amide bonds. The monoisotopic (exact) mass is 204 g/mol.